The lowest BCUT2D eigenvalue weighted by Crippen LogP contribution is -2.32. The molecule has 3 N–H and O–H groups in total. The van der Waals surface area contributed by atoms with Gasteiger partial charge in [-0.3, -0.25) is 9.59 Å². The number of nitrogens with zero attached hydrogens (tertiary/aromatic N) is 2. The van der Waals surface area contributed by atoms with Gasteiger partial charge in [-0.2, -0.15) is 5.10 Å². The topological polar surface area (TPSA) is 94.0 Å². The van der Waals surface area contributed by atoms with Gasteiger partial charge in [0.1, 0.15) is 11.4 Å². The van der Waals surface area contributed by atoms with Gasteiger partial charge in [0, 0.05) is 35.9 Å². The number of hydrogen-bond acceptors (Lipinski definition) is 5. The molecule has 4 aromatic carbocycles. The lowest BCUT2D eigenvalue weighted by molar-refractivity contribution is -0.117. The first-order valence-corrected chi connectivity index (χ1v) is 12.9. The molecule has 0 aliphatic rings. The molecular weight excluding hydrogens is 524 g/mol. The zero-order chi connectivity index (χ0) is 28.5. The molecule has 0 bridgehead atoms. The molecule has 0 saturated heterocycles. The van der Waals surface area contributed by atoms with Gasteiger partial charge in [-0.15, -0.1) is 0 Å². The molecule has 0 unspecified atom stereocenters. The van der Waals surface area contributed by atoms with E-state index in [1.54, 1.807) is 54.6 Å². The van der Waals surface area contributed by atoms with Crippen molar-refractivity contribution in [2.75, 3.05) is 19.0 Å². The van der Waals surface area contributed by atoms with Crippen molar-refractivity contribution in [1.82, 2.24) is 10.7 Å². The van der Waals surface area contributed by atoms with E-state index >= 15 is 0 Å². The minimum Gasteiger partial charge on any atom is -0.507 e. The Morgan fingerprint density at radius 3 is 2.33 bits per heavy atom. The van der Waals surface area contributed by atoms with Crippen LogP contribution in [-0.2, 0) is 11.2 Å². The maximum Gasteiger partial charge on any atom is 0.287 e. The van der Waals surface area contributed by atoms with Gasteiger partial charge in [-0.1, -0.05) is 66.2 Å². The average molecular weight is 553 g/mol. The summed E-state index contributed by atoms with van der Waals surface area (Å²) in [6.45, 7) is 0. The highest BCUT2D eigenvalue weighted by Gasteiger charge is 2.14. The highest BCUT2D eigenvalue weighted by molar-refractivity contribution is 6.31. The summed E-state index contributed by atoms with van der Waals surface area (Å²) in [6, 6.07) is 28.8. The third-order valence-corrected chi connectivity index (χ3v) is 6.43. The van der Waals surface area contributed by atoms with Crippen LogP contribution in [-0.4, -0.2) is 37.2 Å². The van der Waals surface area contributed by atoms with Crippen molar-refractivity contribution >= 4 is 41.4 Å². The SMILES string of the molecule is CN(C)c1ccc(/C=C(\NC(=O)c2ccccc2)C(=O)N/N=C/c2cc(Cc3ccccc3Cl)ccc2O)cc1. The maximum absolute atomic E-state index is 13.1. The lowest BCUT2D eigenvalue weighted by atomic mass is 10.0. The number of anilines is 1. The molecule has 7 nitrogen and oxygen atoms in total. The summed E-state index contributed by atoms with van der Waals surface area (Å²) in [5.74, 6) is -1.04. The van der Waals surface area contributed by atoms with E-state index in [1.165, 1.54) is 6.21 Å². The summed E-state index contributed by atoms with van der Waals surface area (Å²) < 4.78 is 0. The molecule has 0 aromatic heterocycles. The Balaban J connectivity index is 1.53. The van der Waals surface area contributed by atoms with E-state index in [4.69, 9.17) is 11.6 Å². The fourth-order valence-corrected chi connectivity index (χ4v) is 4.08. The first kappa shape index (κ1) is 28.1. The molecule has 0 heterocycles. The minimum atomic E-state index is -0.621. The van der Waals surface area contributed by atoms with E-state index in [-0.39, 0.29) is 11.4 Å². The van der Waals surface area contributed by atoms with Gasteiger partial charge < -0.3 is 15.3 Å². The Morgan fingerprint density at radius 2 is 1.62 bits per heavy atom. The molecular formula is C32H29ClN4O3. The van der Waals surface area contributed by atoms with Crippen LogP contribution in [0.3, 0.4) is 0 Å². The number of halogens is 1. The quantitative estimate of drug-likeness (QED) is 0.143. The highest BCUT2D eigenvalue weighted by Crippen LogP contribution is 2.22. The van der Waals surface area contributed by atoms with Crippen LogP contribution in [0.4, 0.5) is 5.69 Å². The van der Waals surface area contributed by atoms with E-state index in [1.807, 2.05) is 67.5 Å². The molecule has 0 aliphatic heterocycles. The first-order chi connectivity index (χ1) is 19.3. The van der Waals surface area contributed by atoms with Crippen LogP contribution in [0.15, 0.2) is 108 Å². The van der Waals surface area contributed by atoms with Gasteiger partial charge >= 0.3 is 0 Å². The summed E-state index contributed by atoms with van der Waals surface area (Å²) in [5, 5.41) is 17.7. The number of nitrogens with one attached hydrogen (secondary N) is 2. The summed E-state index contributed by atoms with van der Waals surface area (Å²) >= 11 is 6.29. The molecule has 0 fully saturated rings. The highest BCUT2D eigenvalue weighted by atomic mass is 35.5. The van der Waals surface area contributed by atoms with Crippen LogP contribution in [0.1, 0.15) is 32.6 Å². The number of phenolic OH excluding ortho intramolecular Hbond substituents is 1. The van der Waals surface area contributed by atoms with Crippen LogP contribution < -0.4 is 15.6 Å². The van der Waals surface area contributed by atoms with Gasteiger partial charge in [0.25, 0.3) is 11.8 Å². The van der Waals surface area contributed by atoms with Crippen LogP contribution in [0.5, 0.6) is 5.75 Å². The Morgan fingerprint density at radius 1 is 0.925 bits per heavy atom. The minimum absolute atomic E-state index is 0.00929. The molecule has 8 heteroatoms. The van der Waals surface area contributed by atoms with E-state index in [9.17, 15) is 14.7 Å². The van der Waals surface area contributed by atoms with E-state index < -0.39 is 11.8 Å². The van der Waals surface area contributed by atoms with Crippen molar-refractivity contribution in [3.05, 3.63) is 136 Å². The van der Waals surface area contributed by atoms with Gasteiger partial charge in [-0.05, 0) is 71.7 Å². The van der Waals surface area contributed by atoms with Crippen LogP contribution in [0.2, 0.25) is 5.02 Å². The number of aromatic hydroxyl groups is 1. The van der Waals surface area contributed by atoms with Crippen LogP contribution in [0.25, 0.3) is 6.08 Å². The Bertz CT molecular complexity index is 1550. The Labute approximate surface area is 238 Å². The normalized spacial score (nSPS) is 11.3. The maximum atomic E-state index is 13.1. The summed E-state index contributed by atoms with van der Waals surface area (Å²) in [7, 11) is 3.87. The molecule has 202 valence electrons. The third kappa shape index (κ3) is 7.58. The van der Waals surface area contributed by atoms with Gasteiger partial charge in [0.15, 0.2) is 0 Å². The predicted molar refractivity (Wildman–Crippen MR) is 161 cm³/mol. The number of hydrazone groups is 1. The standard InChI is InChI=1S/C32H29ClN4O3/c1-37(2)27-15-12-22(13-16-27)20-29(35-31(39)24-8-4-3-5-9-24)32(40)36-34-21-26-19-23(14-17-30(26)38)18-25-10-6-7-11-28(25)33/h3-17,19-21,38H,18H2,1-2H3,(H,35,39)(H,36,40)/b29-20-,34-21+. The molecule has 4 rings (SSSR count). The third-order valence-electron chi connectivity index (χ3n) is 6.06. The van der Waals surface area contributed by atoms with Crippen LogP contribution >= 0.6 is 11.6 Å². The molecule has 0 spiro atoms. The average Bonchev–Trinajstić information content (AvgIpc) is 2.96. The van der Waals surface area contributed by atoms with Crippen molar-refractivity contribution in [3.8, 4) is 5.75 Å². The van der Waals surface area contributed by atoms with Gasteiger partial charge in [0.2, 0.25) is 0 Å². The second-order valence-electron chi connectivity index (χ2n) is 9.22. The predicted octanol–water partition coefficient (Wildman–Crippen LogP) is 5.62. The van der Waals surface area contributed by atoms with Crippen molar-refractivity contribution in [2.24, 2.45) is 5.10 Å². The zero-order valence-corrected chi connectivity index (χ0v) is 22.9. The van der Waals surface area contributed by atoms with Crippen molar-refractivity contribution in [2.45, 2.75) is 6.42 Å². The van der Waals surface area contributed by atoms with Gasteiger partial charge in [0.05, 0.1) is 6.21 Å². The van der Waals surface area contributed by atoms with Crippen molar-refractivity contribution < 1.29 is 14.7 Å². The number of hydrogen-bond donors (Lipinski definition) is 3. The van der Waals surface area contributed by atoms with Crippen molar-refractivity contribution in [1.29, 1.82) is 0 Å². The Kier molecular flexibility index (Phi) is 9.33. The molecule has 4 aromatic rings. The number of benzene rings is 4. The van der Waals surface area contributed by atoms with E-state index in [2.05, 4.69) is 15.8 Å². The summed E-state index contributed by atoms with van der Waals surface area (Å²) in [6.07, 6.45) is 3.50. The number of rotatable bonds is 9. The second kappa shape index (κ2) is 13.3. The smallest absolute Gasteiger partial charge is 0.287 e. The zero-order valence-electron chi connectivity index (χ0n) is 22.1. The molecule has 0 saturated carbocycles. The lowest BCUT2D eigenvalue weighted by Gasteiger charge is -2.12. The molecule has 0 radical (unpaired) electrons. The van der Waals surface area contributed by atoms with E-state index in [0.717, 1.165) is 22.4 Å². The van der Waals surface area contributed by atoms with Crippen LogP contribution in [0, 0.1) is 0 Å². The fourth-order valence-electron chi connectivity index (χ4n) is 3.88. The summed E-state index contributed by atoms with van der Waals surface area (Å²) in [4.78, 5) is 27.9. The van der Waals surface area contributed by atoms with Crippen molar-refractivity contribution in [3.63, 3.8) is 0 Å². The number of carbonyl (C=O) groups is 2. The first-order valence-electron chi connectivity index (χ1n) is 12.5. The largest absolute Gasteiger partial charge is 0.507 e. The molecule has 0 aliphatic carbocycles. The molecule has 2 amide bonds. The number of phenols is 1. The number of amides is 2. The molecule has 0 atom stereocenters. The Hall–Kier alpha value is -4.88. The van der Waals surface area contributed by atoms with E-state index in [0.29, 0.717) is 22.6 Å². The monoisotopic (exact) mass is 552 g/mol. The summed E-state index contributed by atoms with van der Waals surface area (Å²) in [5.41, 5.74) is 6.88. The second-order valence-corrected chi connectivity index (χ2v) is 9.63. The van der Waals surface area contributed by atoms with Gasteiger partial charge in [-0.25, -0.2) is 5.43 Å². The fraction of sp³-hybridized carbons (Fsp3) is 0.0938. The molecule has 40 heavy (non-hydrogen) atoms. The number of carbonyl (C=O) groups excluding carboxylic acids is 2.